The molecular weight excluding hydrogens is 748 g/mol. The summed E-state index contributed by atoms with van der Waals surface area (Å²) in [4.78, 5) is 28.7. The zero-order valence-electron chi connectivity index (χ0n) is 31.0. The molecule has 0 fully saturated rings. The van der Waals surface area contributed by atoms with Gasteiger partial charge in [0.25, 0.3) is 5.91 Å². The van der Waals surface area contributed by atoms with Crippen LogP contribution in [0.2, 0.25) is 0 Å². The molecule has 4 aromatic rings. The van der Waals surface area contributed by atoms with Crippen LogP contribution in [0, 0.1) is 22.7 Å². The highest BCUT2D eigenvalue weighted by Crippen LogP contribution is 2.31. The molecule has 0 aliphatic carbocycles. The van der Waals surface area contributed by atoms with Crippen LogP contribution in [0.15, 0.2) is 59.7 Å². The largest absolute Gasteiger partial charge is 0.477 e. The number of rotatable bonds is 17. The van der Waals surface area contributed by atoms with Gasteiger partial charge in [-0.1, -0.05) is 37.8 Å². The Morgan fingerprint density at radius 1 is 0.736 bits per heavy atom. The summed E-state index contributed by atoms with van der Waals surface area (Å²) in [7, 11) is 7.94. The number of carboxylic acid groups (broad SMARTS) is 1. The number of benzene rings is 2. The Labute approximate surface area is 331 Å². The number of fused-ring (bicyclic) bond motifs is 2. The van der Waals surface area contributed by atoms with Crippen molar-refractivity contribution in [1.82, 2.24) is 5.32 Å². The minimum Gasteiger partial charge on any atom is -0.477 e. The first kappa shape index (κ1) is 45.1. The van der Waals surface area contributed by atoms with Crippen molar-refractivity contribution in [2.75, 3.05) is 62.8 Å². The van der Waals surface area contributed by atoms with Crippen molar-refractivity contribution in [1.29, 1.82) is 10.5 Å². The normalized spacial score (nSPS) is 11.1. The zero-order chi connectivity index (χ0) is 39.2. The Morgan fingerprint density at radius 3 is 1.60 bits per heavy atom. The molecule has 1 amide bonds. The van der Waals surface area contributed by atoms with Gasteiger partial charge in [0.15, 0.2) is 0 Å². The molecule has 0 saturated heterocycles. The molecule has 13 heteroatoms. The lowest BCUT2D eigenvalue weighted by Gasteiger charge is -2.11. The number of amides is 1. The van der Waals surface area contributed by atoms with Crippen LogP contribution >= 0.6 is 45.9 Å². The molecule has 0 aliphatic heterocycles. The second-order valence-electron chi connectivity index (χ2n) is 12.4. The van der Waals surface area contributed by atoms with Gasteiger partial charge in [-0.25, -0.2) is 4.79 Å². The maximum atomic E-state index is 12.2. The van der Waals surface area contributed by atoms with Gasteiger partial charge in [0.1, 0.15) is 23.3 Å². The van der Waals surface area contributed by atoms with Crippen LogP contribution in [0.3, 0.4) is 0 Å². The number of nitriles is 2. The van der Waals surface area contributed by atoms with Crippen LogP contribution in [0.5, 0.6) is 0 Å². The number of carbonyl (C=O) groups is 2. The summed E-state index contributed by atoms with van der Waals surface area (Å²) in [5.41, 5.74) is 7.38. The number of unbranched alkanes of at least 4 members (excludes halogenated alkanes) is 6. The molecule has 284 valence electrons. The first-order valence-corrected chi connectivity index (χ1v) is 20.2. The minimum absolute atomic E-state index is 0.144. The summed E-state index contributed by atoms with van der Waals surface area (Å²) < 4.78 is 2.21. The molecule has 0 spiro atoms. The van der Waals surface area contributed by atoms with Crippen molar-refractivity contribution in [3.8, 4) is 12.1 Å². The maximum absolute atomic E-state index is 12.2. The van der Waals surface area contributed by atoms with Gasteiger partial charge in [-0.15, -0.1) is 45.9 Å². The Hall–Kier alpha value is -4.10. The highest BCUT2D eigenvalue weighted by atomic mass is 35.5. The Kier molecular flexibility index (Phi) is 21.3. The van der Waals surface area contributed by atoms with Gasteiger partial charge in [-0.3, -0.25) is 4.79 Å². The molecule has 0 bridgehead atoms. The van der Waals surface area contributed by atoms with Crippen LogP contribution in [0.1, 0.15) is 61.1 Å². The molecule has 0 unspecified atom stereocenters. The van der Waals surface area contributed by atoms with Gasteiger partial charge >= 0.3 is 5.97 Å². The van der Waals surface area contributed by atoms with Crippen molar-refractivity contribution in [2.24, 2.45) is 5.73 Å². The third-order valence-corrected chi connectivity index (χ3v) is 10.4. The number of nitrogens with zero attached hydrogens (tertiary/aromatic N) is 4. The third kappa shape index (κ3) is 16.2. The number of carbonyl (C=O) groups excluding carboxylic acids is 1. The lowest BCUT2D eigenvalue weighted by molar-refractivity contribution is -0.132. The molecule has 2 heterocycles. The standard InChI is InChI=1S/C20H24ClN3OS.C14H12N2O2S.C6H14ClN/c1-24(2)17-8-7-15-11-18(26-19(15)13-17)12-16(14-22)20(25)23-10-6-4-3-5-9-21;1-16(2)11-4-3-9-5-12(19-13(9)7-11)6-10(8-15)14(17)18;7-5-3-1-2-4-6-8/h7-8,11-13H,3-6,9-10H2,1-2H3,(H,23,25);3-7H,1-2H3,(H,17,18);1-6,8H2/b16-12+;10-6+;. The molecule has 9 nitrogen and oxygen atoms in total. The van der Waals surface area contributed by atoms with Crippen molar-refractivity contribution in [3.63, 3.8) is 0 Å². The predicted molar refractivity (Wildman–Crippen MR) is 228 cm³/mol. The number of hydrogen-bond donors (Lipinski definition) is 3. The molecule has 2 aromatic carbocycles. The Morgan fingerprint density at radius 2 is 1.19 bits per heavy atom. The van der Waals surface area contributed by atoms with E-state index in [4.69, 9.17) is 39.3 Å². The van der Waals surface area contributed by atoms with Crippen molar-refractivity contribution >= 4 is 101 Å². The van der Waals surface area contributed by atoms with E-state index in [9.17, 15) is 14.9 Å². The predicted octanol–water partition coefficient (Wildman–Crippen LogP) is 9.49. The van der Waals surface area contributed by atoms with Crippen molar-refractivity contribution in [2.45, 2.75) is 51.4 Å². The minimum atomic E-state index is -1.20. The third-order valence-electron chi connectivity index (χ3n) is 7.80. The Bertz CT molecular complexity index is 1900. The summed E-state index contributed by atoms with van der Waals surface area (Å²) in [5, 5.41) is 31.9. The summed E-state index contributed by atoms with van der Waals surface area (Å²) in [6, 6.07) is 19.9. The fourth-order valence-electron chi connectivity index (χ4n) is 4.82. The fraction of sp³-hybridized carbons (Fsp3) is 0.400. The number of hydrogen-bond acceptors (Lipinski definition) is 9. The van der Waals surface area contributed by atoms with Crippen LogP contribution in [0.25, 0.3) is 32.3 Å². The van der Waals surface area contributed by atoms with Crippen molar-refractivity contribution < 1.29 is 14.7 Å². The molecule has 0 aliphatic rings. The van der Waals surface area contributed by atoms with E-state index in [0.717, 1.165) is 92.3 Å². The van der Waals surface area contributed by atoms with Crippen molar-refractivity contribution in [3.05, 3.63) is 69.4 Å². The molecule has 53 heavy (non-hydrogen) atoms. The van der Waals surface area contributed by atoms with Gasteiger partial charge in [0.2, 0.25) is 0 Å². The smallest absolute Gasteiger partial charge is 0.346 e. The SMILES string of the molecule is CN(C)c1ccc2cc(/C=C(\C#N)C(=O)NCCCCCCCl)sc2c1.CN(C)c1ccc2cc(/C=C(\C#N)C(=O)O)sc2c1.NCCCCCCCl. The number of nitrogens with two attached hydrogens (primary N) is 1. The van der Waals surface area contributed by atoms with Gasteiger partial charge in [-0.05, 0) is 91.6 Å². The van der Waals surface area contributed by atoms with E-state index in [0.29, 0.717) is 12.4 Å². The molecular formula is C40H50Cl2N6O3S2. The maximum Gasteiger partial charge on any atom is 0.346 e. The second-order valence-corrected chi connectivity index (χ2v) is 15.4. The summed E-state index contributed by atoms with van der Waals surface area (Å²) in [6.45, 7) is 1.40. The van der Waals surface area contributed by atoms with E-state index in [2.05, 4.69) is 28.4 Å². The molecule has 0 radical (unpaired) electrons. The van der Waals surface area contributed by atoms with Gasteiger partial charge in [0.05, 0.1) is 0 Å². The number of alkyl halides is 2. The quantitative estimate of drug-likeness (QED) is 0.0415. The second kappa shape index (κ2) is 25.0. The average Bonchev–Trinajstić information content (AvgIpc) is 3.75. The highest BCUT2D eigenvalue weighted by Gasteiger charge is 2.11. The number of carboxylic acids is 1. The molecule has 0 atom stereocenters. The van der Waals surface area contributed by atoms with Crippen LogP contribution < -0.4 is 20.9 Å². The first-order chi connectivity index (χ1) is 25.5. The molecule has 2 aromatic heterocycles. The molecule has 4 N–H and O–H groups in total. The van der Waals surface area contributed by atoms with Crippen LogP contribution in [0.4, 0.5) is 11.4 Å². The summed E-state index contributed by atoms with van der Waals surface area (Å²) in [6.07, 6.45) is 11.8. The van der Waals surface area contributed by atoms with E-state index >= 15 is 0 Å². The number of nitrogens with one attached hydrogen (secondary N) is 1. The number of thiophene rings is 2. The van der Waals surface area contributed by atoms with Crippen LogP contribution in [-0.4, -0.2) is 70.0 Å². The van der Waals surface area contributed by atoms with Gasteiger partial charge in [0, 0.05) is 77.0 Å². The van der Waals surface area contributed by atoms with E-state index in [1.807, 2.05) is 69.5 Å². The summed E-state index contributed by atoms with van der Waals surface area (Å²) >= 11 is 14.1. The molecule has 4 rings (SSSR count). The zero-order valence-corrected chi connectivity index (χ0v) is 34.1. The highest BCUT2D eigenvalue weighted by molar-refractivity contribution is 7.20. The fourth-order valence-corrected chi connectivity index (χ4v) is 7.28. The summed E-state index contributed by atoms with van der Waals surface area (Å²) in [5.74, 6) is -0.0334. The van der Waals surface area contributed by atoms with Gasteiger partial charge in [-0.2, -0.15) is 10.5 Å². The Balaban J connectivity index is 0.000000314. The monoisotopic (exact) mass is 796 g/mol. The van der Waals surface area contributed by atoms with E-state index < -0.39 is 5.97 Å². The average molecular weight is 798 g/mol. The van der Waals surface area contributed by atoms with Crippen LogP contribution in [-0.2, 0) is 9.59 Å². The number of aliphatic carboxylic acids is 1. The van der Waals surface area contributed by atoms with E-state index in [1.54, 1.807) is 23.5 Å². The topological polar surface area (TPSA) is 146 Å². The lowest BCUT2D eigenvalue weighted by atomic mass is 10.2. The number of halogens is 2. The van der Waals surface area contributed by atoms with E-state index in [-0.39, 0.29) is 17.1 Å². The van der Waals surface area contributed by atoms with E-state index in [1.165, 1.54) is 30.3 Å². The first-order valence-electron chi connectivity index (χ1n) is 17.5. The number of anilines is 2. The van der Waals surface area contributed by atoms with Gasteiger partial charge < -0.3 is 26.0 Å². The molecule has 0 saturated carbocycles. The lowest BCUT2D eigenvalue weighted by Crippen LogP contribution is -2.25.